The number of carbonyl (C=O) groups is 1. The highest BCUT2D eigenvalue weighted by Gasteiger charge is 2.12. The minimum absolute atomic E-state index is 0.205. The second-order valence-corrected chi connectivity index (χ2v) is 3.14. The number of hydrogen-bond donors (Lipinski definition) is 0. The number of methoxy groups -OCH3 is 1. The summed E-state index contributed by atoms with van der Waals surface area (Å²) in [6, 6.07) is 0. The number of carbonyl (C=O) groups excluding carboxylic acids is 1. The van der Waals surface area contributed by atoms with Crippen molar-refractivity contribution in [3.63, 3.8) is 0 Å². The van der Waals surface area contributed by atoms with Gasteiger partial charge in [0.2, 0.25) is 0 Å². The van der Waals surface area contributed by atoms with Gasteiger partial charge in [-0.1, -0.05) is 0 Å². The Hall–Kier alpha value is -0.830. The van der Waals surface area contributed by atoms with E-state index in [2.05, 4.69) is 0 Å². The summed E-state index contributed by atoms with van der Waals surface area (Å²) in [6.45, 7) is 1.40. The predicted octanol–water partition coefficient (Wildman–Crippen LogP) is 1.68. The molecule has 1 heterocycles. The van der Waals surface area contributed by atoms with E-state index in [1.165, 1.54) is 0 Å². The van der Waals surface area contributed by atoms with Gasteiger partial charge in [-0.2, -0.15) is 0 Å². The van der Waals surface area contributed by atoms with Crippen molar-refractivity contribution < 1.29 is 14.3 Å². The molecule has 1 aliphatic heterocycles. The lowest BCUT2D eigenvalue weighted by Gasteiger charge is -2.12. The molecule has 0 bridgehead atoms. The Morgan fingerprint density at radius 3 is 3.15 bits per heavy atom. The van der Waals surface area contributed by atoms with Gasteiger partial charge >= 0.3 is 0 Å². The average Bonchev–Trinajstić information content (AvgIpc) is 2.19. The van der Waals surface area contributed by atoms with Crippen LogP contribution in [-0.2, 0) is 14.3 Å². The largest absolute Gasteiger partial charge is 0.501 e. The lowest BCUT2D eigenvalue weighted by atomic mass is 10.0. The van der Waals surface area contributed by atoms with E-state index >= 15 is 0 Å². The molecule has 0 saturated carbocycles. The second-order valence-electron chi connectivity index (χ2n) is 3.14. The summed E-state index contributed by atoms with van der Waals surface area (Å²) in [5, 5.41) is 0. The molecule has 0 fully saturated rings. The molecule has 3 heteroatoms. The van der Waals surface area contributed by atoms with E-state index in [9.17, 15) is 4.79 Å². The van der Waals surface area contributed by atoms with Crippen LogP contribution in [0.5, 0.6) is 0 Å². The molecule has 0 aliphatic carbocycles. The van der Waals surface area contributed by atoms with Crippen molar-refractivity contribution in [2.24, 2.45) is 0 Å². The molecule has 0 amide bonds. The van der Waals surface area contributed by atoms with Gasteiger partial charge in [0.25, 0.3) is 0 Å². The van der Waals surface area contributed by atoms with E-state index in [-0.39, 0.29) is 5.78 Å². The summed E-state index contributed by atoms with van der Waals surface area (Å²) in [6.07, 6.45) is 4.81. The predicted molar refractivity (Wildman–Crippen MR) is 49.4 cm³/mol. The van der Waals surface area contributed by atoms with Crippen LogP contribution in [0.2, 0.25) is 0 Å². The Kier molecular flexibility index (Phi) is 4.54. The van der Waals surface area contributed by atoms with E-state index in [4.69, 9.17) is 9.47 Å². The van der Waals surface area contributed by atoms with Gasteiger partial charge in [-0.3, -0.25) is 4.79 Å². The first-order valence-corrected chi connectivity index (χ1v) is 4.67. The summed E-state index contributed by atoms with van der Waals surface area (Å²) in [7, 11) is 1.65. The smallest absolute Gasteiger partial charge is 0.162 e. The zero-order chi connectivity index (χ0) is 9.52. The minimum atomic E-state index is 0.205. The fraction of sp³-hybridized carbons (Fsp3) is 0.700. The molecule has 0 radical (unpaired) electrons. The standard InChI is InChI=1S/C10H16O3/c1-12-6-3-5-10(11)9-4-2-7-13-8-9/h8H,2-7H2,1H3. The van der Waals surface area contributed by atoms with Gasteiger partial charge in [0.15, 0.2) is 5.78 Å². The van der Waals surface area contributed by atoms with Crippen LogP contribution >= 0.6 is 0 Å². The number of ether oxygens (including phenoxy) is 2. The molecule has 0 aromatic heterocycles. The number of hydrogen-bond acceptors (Lipinski definition) is 3. The third-order valence-electron chi connectivity index (χ3n) is 2.04. The van der Waals surface area contributed by atoms with Gasteiger partial charge in [-0.15, -0.1) is 0 Å². The van der Waals surface area contributed by atoms with Crippen LogP contribution in [0, 0.1) is 0 Å². The molecule has 0 unspecified atom stereocenters. The molecule has 0 aromatic rings. The summed E-state index contributed by atoms with van der Waals surface area (Å²) < 4.78 is 9.97. The van der Waals surface area contributed by atoms with Crippen molar-refractivity contribution >= 4 is 5.78 Å². The van der Waals surface area contributed by atoms with Crippen LogP contribution in [-0.4, -0.2) is 26.1 Å². The molecule has 0 N–H and O–H groups in total. The molecular formula is C10H16O3. The number of ketones is 1. The highest BCUT2D eigenvalue weighted by Crippen LogP contribution is 2.14. The first-order valence-electron chi connectivity index (χ1n) is 4.67. The van der Waals surface area contributed by atoms with E-state index < -0.39 is 0 Å². The van der Waals surface area contributed by atoms with Crippen molar-refractivity contribution in [2.75, 3.05) is 20.3 Å². The van der Waals surface area contributed by atoms with Crippen LogP contribution in [0.25, 0.3) is 0 Å². The molecule has 0 aromatic carbocycles. The molecule has 13 heavy (non-hydrogen) atoms. The third-order valence-corrected chi connectivity index (χ3v) is 2.04. The quantitative estimate of drug-likeness (QED) is 0.610. The van der Waals surface area contributed by atoms with Crippen LogP contribution in [0.4, 0.5) is 0 Å². The Bertz CT molecular complexity index is 196. The van der Waals surface area contributed by atoms with E-state index in [1.807, 2.05) is 0 Å². The molecular weight excluding hydrogens is 168 g/mol. The summed E-state index contributed by atoms with van der Waals surface area (Å²) in [5.41, 5.74) is 0.836. The minimum Gasteiger partial charge on any atom is -0.501 e. The average molecular weight is 184 g/mol. The Morgan fingerprint density at radius 1 is 1.69 bits per heavy atom. The molecule has 0 spiro atoms. The molecule has 3 nitrogen and oxygen atoms in total. The molecule has 0 saturated heterocycles. The van der Waals surface area contributed by atoms with Gasteiger partial charge in [0.05, 0.1) is 12.9 Å². The number of allylic oxidation sites excluding steroid dienone is 1. The fourth-order valence-electron chi connectivity index (χ4n) is 1.31. The first kappa shape index (κ1) is 10.3. The van der Waals surface area contributed by atoms with Crippen molar-refractivity contribution in [1.29, 1.82) is 0 Å². The highest BCUT2D eigenvalue weighted by atomic mass is 16.5. The van der Waals surface area contributed by atoms with Gasteiger partial charge in [-0.25, -0.2) is 0 Å². The Labute approximate surface area is 78.7 Å². The maximum Gasteiger partial charge on any atom is 0.162 e. The number of Topliss-reactive ketones (excluding diaryl/α,β-unsaturated/α-hetero) is 1. The maximum absolute atomic E-state index is 11.5. The zero-order valence-corrected chi connectivity index (χ0v) is 8.04. The maximum atomic E-state index is 11.5. The van der Waals surface area contributed by atoms with Gasteiger partial charge in [0, 0.05) is 25.7 Å². The monoisotopic (exact) mass is 184 g/mol. The summed E-state index contributed by atoms with van der Waals surface area (Å²) >= 11 is 0. The normalized spacial score (nSPS) is 16.2. The topological polar surface area (TPSA) is 35.5 Å². The first-order chi connectivity index (χ1) is 6.34. The highest BCUT2D eigenvalue weighted by molar-refractivity contribution is 5.95. The Balaban J connectivity index is 2.25. The van der Waals surface area contributed by atoms with Crippen LogP contribution in [0.15, 0.2) is 11.8 Å². The van der Waals surface area contributed by atoms with Crippen molar-refractivity contribution in [1.82, 2.24) is 0 Å². The van der Waals surface area contributed by atoms with Gasteiger partial charge < -0.3 is 9.47 Å². The molecule has 1 aliphatic rings. The van der Waals surface area contributed by atoms with Crippen LogP contribution in [0.1, 0.15) is 25.7 Å². The van der Waals surface area contributed by atoms with Crippen molar-refractivity contribution in [3.05, 3.63) is 11.8 Å². The van der Waals surface area contributed by atoms with E-state index in [0.29, 0.717) is 13.0 Å². The molecule has 74 valence electrons. The zero-order valence-electron chi connectivity index (χ0n) is 8.04. The lowest BCUT2D eigenvalue weighted by Crippen LogP contribution is -2.09. The van der Waals surface area contributed by atoms with Crippen molar-refractivity contribution in [2.45, 2.75) is 25.7 Å². The van der Waals surface area contributed by atoms with Crippen LogP contribution in [0.3, 0.4) is 0 Å². The SMILES string of the molecule is COCCCC(=O)C1=COCCC1. The Morgan fingerprint density at radius 2 is 2.54 bits per heavy atom. The second kappa shape index (κ2) is 5.75. The van der Waals surface area contributed by atoms with E-state index in [0.717, 1.165) is 31.4 Å². The third kappa shape index (κ3) is 3.59. The molecule has 1 rings (SSSR count). The number of rotatable bonds is 5. The van der Waals surface area contributed by atoms with E-state index in [1.54, 1.807) is 13.4 Å². The molecule has 0 atom stereocenters. The summed E-state index contributed by atoms with van der Waals surface area (Å²) in [4.78, 5) is 11.5. The lowest BCUT2D eigenvalue weighted by molar-refractivity contribution is -0.116. The van der Waals surface area contributed by atoms with Crippen molar-refractivity contribution in [3.8, 4) is 0 Å². The van der Waals surface area contributed by atoms with Gasteiger partial charge in [0.1, 0.15) is 0 Å². The van der Waals surface area contributed by atoms with Gasteiger partial charge in [-0.05, 0) is 19.3 Å². The fourth-order valence-corrected chi connectivity index (χ4v) is 1.31. The van der Waals surface area contributed by atoms with Crippen LogP contribution < -0.4 is 0 Å². The summed E-state index contributed by atoms with van der Waals surface area (Å²) in [5.74, 6) is 0.205.